The minimum Gasteiger partial charge on any atom is -0.364 e. The number of primary amides is 1. The maximum atomic E-state index is 11.4. The van der Waals surface area contributed by atoms with E-state index in [2.05, 4.69) is 9.97 Å². The topological polar surface area (TPSA) is 90.9 Å². The van der Waals surface area contributed by atoms with Crippen LogP contribution in [0.3, 0.4) is 0 Å². The Kier molecular flexibility index (Phi) is 2.47. The number of pyridine rings is 1. The van der Waals surface area contributed by atoms with Gasteiger partial charge in [-0.3, -0.25) is 14.2 Å². The van der Waals surface area contributed by atoms with E-state index in [0.29, 0.717) is 5.82 Å². The van der Waals surface area contributed by atoms with Crippen LogP contribution in [-0.2, 0) is 0 Å². The Morgan fingerprint density at radius 1 is 1.25 bits per heavy atom. The monoisotopic (exact) mass is 216 g/mol. The van der Waals surface area contributed by atoms with Gasteiger partial charge in [0.1, 0.15) is 5.69 Å². The predicted octanol–water partition coefficient (Wildman–Crippen LogP) is -0.274. The number of nitrogens with two attached hydrogens (primary N) is 1. The normalized spacial score (nSPS) is 10.0. The summed E-state index contributed by atoms with van der Waals surface area (Å²) in [6, 6.07) is 4.73. The van der Waals surface area contributed by atoms with Gasteiger partial charge < -0.3 is 5.73 Å². The van der Waals surface area contributed by atoms with Crippen LogP contribution in [0.2, 0.25) is 0 Å². The fraction of sp³-hybridized carbons (Fsp3) is 0. The maximum absolute atomic E-state index is 11.4. The molecule has 0 aromatic carbocycles. The summed E-state index contributed by atoms with van der Waals surface area (Å²) in [4.78, 5) is 29.9. The summed E-state index contributed by atoms with van der Waals surface area (Å²) in [5, 5.41) is 0. The number of hydrogen-bond donors (Lipinski definition) is 1. The second-order valence-electron chi connectivity index (χ2n) is 3.03. The minimum atomic E-state index is -0.653. The zero-order valence-corrected chi connectivity index (χ0v) is 8.20. The van der Waals surface area contributed by atoms with Gasteiger partial charge in [0, 0.05) is 12.3 Å². The number of rotatable bonds is 2. The Hall–Kier alpha value is -2.50. The van der Waals surface area contributed by atoms with Gasteiger partial charge in [-0.25, -0.2) is 9.97 Å². The van der Waals surface area contributed by atoms with Crippen LogP contribution in [0.15, 0.2) is 41.6 Å². The molecule has 6 heteroatoms. The summed E-state index contributed by atoms with van der Waals surface area (Å²) in [5.74, 6) is -0.310. The Labute approximate surface area is 90.4 Å². The molecule has 2 rings (SSSR count). The summed E-state index contributed by atoms with van der Waals surface area (Å²) < 4.78 is 1.32. The molecule has 2 aromatic heterocycles. The molecule has 1 amide bonds. The van der Waals surface area contributed by atoms with Crippen LogP contribution in [-0.4, -0.2) is 20.4 Å². The van der Waals surface area contributed by atoms with E-state index in [1.165, 1.54) is 23.0 Å². The molecule has 0 fully saturated rings. The van der Waals surface area contributed by atoms with Gasteiger partial charge in [0.05, 0.1) is 12.4 Å². The lowest BCUT2D eigenvalue weighted by Gasteiger charge is -2.02. The van der Waals surface area contributed by atoms with E-state index in [1.54, 1.807) is 18.3 Å². The number of carbonyl (C=O) groups is 1. The van der Waals surface area contributed by atoms with Crippen LogP contribution in [0.4, 0.5) is 0 Å². The SMILES string of the molecule is NC(=O)c1cnc(-n2ccccc2=O)cn1. The Balaban J connectivity index is 2.47. The van der Waals surface area contributed by atoms with Gasteiger partial charge in [0.15, 0.2) is 5.82 Å². The summed E-state index contributed by atoms with van der Waals surface area (Å²) >= 11 is 0. The van der Waals surface area contributed by atoms with Crippen LogP contribution >= 0.6 is 0 Å². The molecule has 0 spiro atoms. The van der Waals surface area contributed by atoms with E-state index in [4.69, 9.17) is 5.73 Å². The van der Waals surface area contributed by atoms with Crippen molar-refractivity contribution < 1.29 is 4.79 Å². The summed E-state index contributed by atoms with van der Waals surface area (Å²) in [6.45, 7) is 0. The van der Waals surface area contributed by atoms with Crippen LogP contribution in [0, 0.1) is 0 Å². The van der Waals surface area contributed by atoms with E-state index in [-0.39, 0.29) is 11.3 Å². The first kappa shape index (κ1) is 10.0. The van der Waals surface area contributed by atoms with Crippen LogP contribution in [0.25, 0.3) is 5.82 Å². The van der Waals surface area contributed by atoms with Gasteiger partial charge in [0.2, 0.25) is 0 Å². The molecule has 0 unspecified atom stereocenters. The Bertz CT molecular complexity index is 574. The van der Waals surface area contributed by atoms with Gasteiger partial charge in [-0.05, 0) is 6.07 Å². The van der Waals surface area contributed by atoms with Crippen molar-refractivity contribution in [2.45, 2.75) is 0 Å². The number of aromatic nitrogens is 3. The Morgan fingerprint density at radius 3 is 2.62 bits per heavy atom. The summed E-state index contributed by atoms with van der Waals surface area (Å²) in [7, 11) is 0. The van der Waals surface area contributed by atoms with Crippen molar-refractivity contribution in [3.05, 3.63) is 52.8 Å². The van der Waals surface area contributed by atoms with Crippen molar-refractivity contribution in [3.8, 4) is 5.82 Å². The predicted molar refractivity (Wildman–Crippen MR) is 56.1 cm³/mol. The fourth-order valence-corrected chi connectivity index (χ4v) is 1.19. The lowest BCUT2D eigenvalue weighted by molar-refractivity contribution is 0.0995. The number of hydrogen-bond acceptors (Lipinski definition) is 4. The molecule has 0 radical (unpaired) electrons. The third-order valence-corrected chi connectivity index (χ3v) is 1.96. The highest BCUT2D eigenvalue weighted by molar-refractivity contribution is 5.90. The molecule has 6 nitrogen and oxygen atoms in total. The van der Waals surface area contributed by atoms with Gasteiger partial charge in [-0.2, -0.15) is 0 Å². The molecule has 0 saturated carbocycles. The summed E-state index contributed by atoms with van der Waals surface area (Å²) in [6.07, 6.45) is 4.12. The average Bonchev–Trinajstić information content (AvgIpc) is 2.30. The van der Waals surface area contributed by atoms with Gasteiger partial charge >= 0.3 is 0 Å². The second-order valence-corrected chi connectivity index (χ2v) is 3.03. The molecule has 2 N–H and O–H groups in total. The number of carbonyl (C=O) groups excluding carboxylic acids is 1. The number of nitrogens with zero attached hydrogens (tertiary/aromatic N) is 3. The molecule has 2 heterocycles. The van der Waals surface area contributed by atoms with Gasteiger partial charge in [-0.1, -0.05) is 6.07 Å². The van der Waals surface area contributed by atoms with Gasteiger partial charge in [0.25, 0.3) is 11.5 Å². The minimum absolute atomic E-state index is 0.0627. The largest absolute Gasteiger partial charge is 0.364 e. The first-order valence-electron chi connectivity index (χ1n) is 4.48. The third kappa shape index (κ3) is 1.81. The molecule has 0 atom stereocenters. The molecule has 0 aliphatic carbocycles. The quantitative estimate of drug-likeness (QED) is 0.747. The van der Waals surface area contributed by atoms with Crippen molar-refractivity contribution in [1.29, 1.82) is 0 Å². The van der Waals surface area contributed by atoms with E-state index < -0.39 is 5.91 Å². The van der Waals surface area contributed by atoms with E-state index in [9.17, 15) is 9.59 Å². The molecule has 0 bridgehead atoms. The second kappa shape index (κ2) is 3.93. The lowest BCUT2D eigenvalue weighted by Crippen LogP contribution is -2.18. The third-order valence-electron chi connectivity index (χ3n) is 1.96. The van der Waals surface area contributed by atoms with Crippen molar-refractivity contribution in [3.63, 3.8) is 0 Å². The van der Waals surface area contributed by atoms with E-state index in [0.717, 1.165) is 0 Å². The van der Waals surface area contributed by atoms with Crippen molar-refractivity contribution in [2.24, 2.45) is 5.73 Å². The standard InChI is InChI=1S/C10H8N4O2/c11-10(16)7-5-13-8(6-12-7)14-4-2-1-3-9(14)15/h1-6H,(H2,11,16). The van der Waals surface area contributed by atoms with Crippen molar-refractivity contribution in [1.82, 2.24) is 14.5 Å². The Morgan fingerprint density at radius 2 is 2.06 bits per heavy atom. The molecule has 0 saturated heterocycles. The van der Waals surface area contributed by atoms with Gasteiger partial charge in [-0.15, -0.1) is 0 Å². The average molecular weight is 216 g/mol. The smallest absolute Gasteiger partial charge is 0.268 e. The molecule has 0 aliphatic rings. The highest BCUT2D eigenvalue weighted by atomic mass is 16.1. The molecule has 2 aromatic rings. The lowest BCUT2D eigenvalue weighted by atomic mass is 10.4. The molecule has 0 aliphatic heterocycles. The van der Waals surface area contributed by atoms with Crippen molar-refractivity contribution >= 4 is 5.91 Å². The van der Waals surface area contributed by atoms with Crippen LogP contribution in [0.5, 0.6) is 0 Å². The van der Waals surface area contributed by atoms with Crippen molar-refractivity contribution in [2.75, 3.05) is 0 Å². The zero-order valence-electron chi connectivity index (χ0n) is 8.20. The highest BCUT2D eigenvalue weighted by Crippen LogP contribution is 1.99. The molecular weight excluding hydrogens is 208 g/mol. The fourth-order valence-electron chi connectivity index (χ4n) is 1.19. The number of amides is 1. The van der Waals surface area contributed by atoms with Crippen LogP contribution in [0.1, 0.15) is 10.5 Å². The summed E-state index contributed by atoms with van der Waals surface area (Å²) in [5.41, 5.74) is 4.87. The van der Waals surface area contributed by atoms with E-state index in [1.807, 2.05) is 0 Å². The molecule has 16 heavy (non-hydrogen) atoms. The maximum Gasteiger partial charge on any atom is 0.268 e. The first-order chi connectivity index (χ1) is 7.68. The first-order valence-corrected chi connectivity index (χ1v) is 4.48. The highest BCUT2D eigenvalue weighted by Gasteiger charge is 2.04. The molecular formula is C10H8N4O2. The van der Waals surface area contributed by atoms with Crippen LogP contribution < -0.4 is 11.3 Å². The molecule has 80 valence electrons. The zero-order chi connectivity index (χ0) is 11.5. The van der Waals surface area contributed by atoms with E-state index >= 15 is 0 Å².